The second-order valence-electron chi connectivity index (χ2n) is 3.19. The molecule has 0 bridgehead atoms. The SMILES string of the molecule is Nc1ccc2c(c1)C=CS21OS(=O)(=O)O1. The van der Waals surface area contributed by atoms with E-state index in [1.807, 2.05) is 0 Å². The average molecular weight is 245 g/mol. The van der Waals surface area contributed by atoms with E-state index in [1.165, 1.54) is 0 Å². The molecule has 0 radical (unpaired) electrons. The average Bonchev–Trinajstić information content (AvgIpc) is 2.42. The summed E-state index contributed by atoms with van der Waals surface area (Å²) in [6.07, 6.45) is 1.76. The summed E-state index contributed by atoms with van der Waals surface area (Å²) in [7, 11) is -5.94. The summed E-state index contributed by atoms with van der Waals surface area (Å²) in [4.78, 5) is 0.742. The summed E-state index contributed by atoms with van der Waals surface area (Å²) < 4.78 is 31.4. The van der Waals surface area contributed by atoms with Gasteiger partial charge in [-0.1, -0.05) is 0 Å². The topological polar surface area (TPSA) is 78.6 Å². The van der Waals surface area contributed by atoms with E-state index in [-0.39, 0.29) is 0 Å². The van der Waals surface area contributed by atoms with Gasteiger partial charge < -0.3 is 5.73 Å². The Labute approximate surface area is 88.5 Å². The number of hydrogen-bond acceptors (Lipinski definition) is 5. The number of hydrogen-bond donors (Lipinski definition) is 1. The van der Waals surface area contributed by atoms with Crippen LogP contribution in [0.5, 0.6) is 0 Å². The smallest absolute Gasteiger partial charge is 0.399 e. The van der Waals surface area contributed by atoms with Gasteiger partial charge in [-0.05, 0) is 24.3 Å². The van der Waals surface area contributed by atoms with Crippen LogP contribution in [0.2, 0.25) is 0 Å². The largest absolute Gasteiger partial charge is 0.438 e. The highest BCUT2D eigenvalue weighted by Gasteiger charge is 2.47. The summed E-state index contributed by atoms with van der Waals surface area (Å²) in [6, 6.07) is 5.18. The maximum absolute atomic E-state index is 10.8. The lowest BCUT2D eigenvalue weighted by atomic mass is 10.2. The molecule has 1 aromatic rings. The molecule has 7 heteroatoms. The number of nitrogen functional groups attached to an aromatic ring is 1. The Bertz CT molecular complexity index is 566. The molecule has 5 nitrogen and oxygen atoms in total. The second kappa shape index (κ2) is 2.56. The molecule has 0 unspecified atom stereocenters. The van der Waals surface area contributed by atoms with Crippen molar-refractivity contribution in [1.29, 1.82) is 0 Å². The molecule has 0 amide bonds. The third-order valence-corrected chi connectivity index (χ3v) is 6.57. The van der Waals surface area contributed by atoms with Gasteiger partial charge in [0, 0.05) is 16.7 Å². The standard InChI is InChI=1S/C8H7NO4S2/c9-7-1-2-8-6(5-7)3-4-14(8)12-15(10,11)13-14/h1-5H,9H2. The van der Waals surface area contributed by atoms with Crippen molar-refractivity contribution in [2.45, 2.75) is 4.90 Å². The van der Waals surface area contributed by atoms with Crippen LogP contribution in [-0.2, 0) is 17.7 Å². The van der Waals surface area contributed by atoms with Gasteiger partial charge in [0.05, 0.1) is 4.90 Å². The van der Waals surface area contributed by atoms with Crippen molar-refractivity contribution in [3.05, 3.63) is 29.2 Å². The van der Waals surface area contributed by atoms with Crippen LogP contribution < -0.4 is 5.73 Å². The molecule has 0 aromatic heterocycles. The van der Waals surface area contributed by atoms with Crippen molar-refractivity contribution < 1.29 is 15.7 Å². The van der Waals surface area contributed by atoms with Crippen LogP contribution in [0.3, 0.4) is 0 Å². The highest BCUT2D eigenvalue weighted by atomic mass is 32.4. The Morgan fingerprint density at radius 1 is 1.20 bits per heavy atom. The predicted molar refractivity (Wildman–Crippen MR) is 56.8 cm³/mol. The minimum absolute atomic E-state index is 0.622. The first-order chi connectivity index (χ1) is 7.01. The lowest BCUT2D eigenvalue weighted by molar-refractivity contribution is 0.349. The van der Waals surface area contributed by atoms with E-state index in [0.29, 0.717) is 5.69 Å². The van der Waals surface area contributed by atoms with Gasteiger partial charge in [0.25, 0.3) is 0 Å². The van der Waals surface area contributed by atoms with Crippen LogP contribution in [0.25, 0.3) is 6.08 Å². The van der Waals surface area contributed by atoms with E-state index in [9.17, 15) is 8.42 Å². The van der Waals surface area contributed by atoms with Crippen LogP contribution in [0, 0.1) is 0 Å². The number of fused-ring (bicyclic) bond motifs is 2. The predicted octanol–water partition coefficient (Wildman–Crippen LogP) is 1.54. The fraction of sp³-hybridized carbons (Fsp3) is 0. The van der Waals surface area contributed by atoms with E-state index in [0.717, 1.165) is 10.5 Å². The summed E-state index contributed by atoms with van der Waals surface area (Å²) in [5.41, 5.74) is 7.08. The molecule has 2 aliphatic heterocycles. The van der Waals surface area contributed by atoms with Crippen LogP contribution in [0.15, 0.2) is 28.5 Å². The van der Waals surface area contributed by atoms with Crippen molar-refractivity contribution in [1.82, 2.24) is 0 Å². The Hall–Kier alpha value is -1.02. The molecule has 1 fully saturated rings. The van der Waals surface area contributed by atoms with Gasteiger partial charge in [-0.3, -0.25) is 0 Å². The highest BCUT2D eigenvalue weighted by molar-refractivity contribution is 8.39. The van der Waals surface area contributed by atoms with E-state index >= 15 is 0 Å². The lowest BCUT2D eigenvalue weighted by Gasteiger charge is -2.42. The number of nitrogens with two attached hydrogens (primary N) is 1. The fourth-order valence-corrected chi connectivity index (χ4v) is 5.72. The molecule has 1 aromatic carbocycles. The van der Waals surface area contributed by atoms with Crippen molar-refractivity contribution >= 4 is 32.8 Å². The first-order valence-electron chi connectivity index (χ1n) is 4.09. The van der Waals surface area contributed by atoms with Crippen LogP contribution in [0.1, 0.15) is 5.56 Å². The highest BCUT2D eigenvalue weighted by Crippen LogP contribution is 2.72. The van der Waals surface area contributed by atoms with Crippen molar-refractivity contribution in [3.63, 3.8) is 0 Å². The molecule has 2 aliphatic rings. The molecule has 15 heavy (non-hydrogen) atoms. The zero-order valence-electron chi connectivity index (χ0n) is 7.41. The Kier molecular flexibility index (Phi) is 1.57. The van der Waals surface area contributed by atoms with Gasteiger partial charge in [0.1, 0.15) is 0 Å². The van der Waals surface area contributed by atoms with Gasteiger partial charge in [-0.15, -0.1) is 17.8 Å². The zero-order valence-corrected chi connectivity index (χ0v) is 9.05. The van der Waals surface area contributed by atoms with Gasteiger partial charge in [-0.2, -0.15) is 8.42 Å². The van der Waals surface area contributed by atoms with E-state index in [2.05, 4.69) is 0 Å². The van der Waals surface area contributed by atoms with Crippen LogP contribution in [-0.4, -0.2) is 8.42 Å². The van der Waals surface area contributed by atoms with Crippen LogP contribution in [0.4, 0.5) is 5.69 Å². The van der Waals surface area contributed by atoms with Gasteiger partial charge in [0.2, 0.25) is 0 Å². The molecule has 0 aliphatic carbocycles. The first-order valence-corrected chi connectivity index (χ1v) is 6.97. The maximum atomic E-state index is 10.8. The third kappa shape index (κ3) is 1.21. The first kappa shape index (κ1) is 9.22. The zero-order chi connectivity index (χ0) is 10.7. The number of anilines is 1. The minimum atomic E-state index is -3.77. The molecule has 1 spiro atoms. The van der Waals surface area contributed by atoms with Gasteiger partial charge in [0.15, 0.2) is 0 Å². The normalized spacial score (nSPS) is 25.9. The monoisotopic (exact) mass is 245 g/mol. The summed E-state index contributed by atoms with van der Waals surface area (Å²) >= 11 is 0. The molecule has 0 saturated carbocycles. The van der Waals surface area contributed by atoms with E-state index < -0.39 is 21.0 Å². The summed E-state index contributed by atoms with van der Waals surface area (Å²) in [5, 5.41) is 1.64. The van der Waals surface area contributed by atoms with Gasteiger partial charge in [-0.25, -0.2) is 0 Å². The lowest BCUT2D eigenvalue weighted by Crippen LogP contribution is -2.26. The van der Waals surface area contributed by atoms with Crippen molar-refractivity contribution in [3.8, 4) is 0 Å². The van der Waals surface area contributed by atoms with Crippen molar-refractivity contribution in [2.75, 3.05) is 5.73 Å². The van der Waals surface area contributed by atoms with Gasteiger partial charge >= 0.3 is 10.4 Å². The fourth-order valence-electron chi connectivity index (χ4n) is 1.56. The summed E-state index contributed by atoms with van der Waals surface area (Å²) in [6.45, 7) is 0. The van der Waals surface area contributed by atoms with E-state index in [1.54, 1.807) is 29.7 Å². The minimum Gasteiger partial charge on any atom is -0.399 e. The molecular weight excluding hydrogens is 238 g/mol. The molecule has 2 N–H and O–H groups in total. The molecule has 80 valence electrons. The maximum Gasteiger partial charge on any atom is 0.438 e. The van der Waals surface area contributed by atoms with Crippen molar-refractivity contribution in [2.24, 2.45) is 0 Å². The number of rotatable bonds is 0. The Morgan fingerprint density at radius 2 is 1.93 bits per heavy atom. The van der Waals surface area contributed by atoms with Crippen LogP contribution >= 0.6 is 10.6 Å². The quantitative estimate of drug-likeness (QED) is 0.701. The van der Waals surface area contributed by atoms with E-state index in [4.69, 9.17) is 13.0 Å². The molecule has 3 rings (SSSR count). The number of benzene rings is 1. The molecular formula is C8H7NO4S2. The molecule has 1 saturated heterocycles. The Balaban J connectivity index is 2.11. The third-order valence-electron chi connectivity index (χ3n) is 2.14. The summed E-state index contributed by atoms with van der Waals surface area (Å²) in [5.74, 6) is 0. The second-order valence-corrected chi connectivity index (χ2v) is 6.90. The molecule has 2 heterocycles. The molecule has 0 atom stereocenters. The Morgan fingerprint density at radius 3 is 2.60 bits per heavy atom.